The first-order valence-electron chi connectivity index (χ1n) is 6.48. The molecule has 1 aromatic carbocycles. The molecule has 100 valence electrons. The molecule has 3 heteroatoms. The maximum atomic E-state index is 14.2. The first-order valence-corrected chi connectivity index (χ1v) is 6.48. The van der Waals surface area contributed by atoms with Crippen molar-refractivity contribution in [3.63, 3.8) is 0 Å². The van der Waals surface area contributed by atoms with Crippen LogP contribution in [-0.4, -0.2) is 7.11 Å². The van der Waals surface area contributed by atoms with E-state index in [0.717, 1.165) is 0 Å². The van der Waals surface area contributed by atoms with Gasteiger partial charge in [0.25, 0.3) is 5.92 Å². The molecule has 0 aromatic heterocycles. The van der Waals surface area contributed by atoms with E-state index in [-0.39, 0.29) is 11.0 Å². The van der Waals surface area contributed by atoms with Gasteiger partial charge in [0, 0.05) is 11.0 Å². The summed E-state index contributed by atoms with van der Waals surface area (Å²) in [7, 11) is 1.53. The minimum Gasteiger partial charge on any atom is -0.497 e. The van der Waals surface area contributed by atoms with Crippen LogP contribution in [0.2, 0.25) is 0 Å². The number of fused-ring (bicyclic) bond motifs is 1. The van der Waals surface area contributed by atoms with Gasteiger partial charge in [-0.2, -0.15) is 0 Å². The maximum absolute atomic E-state index is 14.2. The predicted molar refractivity (Wildman–Crippen MR) is 68.0 cm³/mol. The van der Waals surface area contributed by atoms with E-state index in [1.54, 1.807) is 12.1 Å². The molecule has 0 N–H and O–H groups in total. The zero-order chi connectivity index (χ0) is 13.6. The average Bonchev–Trinajstić information content (AvgIpc) is 3.17. The quantitative estimate of drug-likeness (QED) is 0.765. The van der Waals surface area contributed by atoms with E-state index >= 15 is 0 Å². The molecule has 0 aliphatic heterocycles. The lowest BCUT2D eigenvalue weighted by molar-refractivity contribution is -0.0555. The van der Waals surface area contributed by atoms with E-state index in [2.05, 4.69) is 0 Å². The summed E-state index contributed by atoms with van der Waals surface area (Å²) >= 11 is 0. The lowest BCUT2D eigenvalue weighted by Crippen LogP contribution is -2.21. The largest absolute Gasteiger partial charge is 0.497 e. The van der Waals surface area contributed by atoms with Crippen LogP contribution in [0.4, 0.5) is 8.78 Å². The molecular formula is C15H20F2O. The number of benzene rings is 1. The molecule has 3 rings (SSSR count). The van der Waals surface area contributed by atoms with E-state index < -0.39 is 11.3 Å². The van der Waals surface area contributed by atoms with Crippen LogP contribution >= 0.6 is 0 Å². The Morgan fingerprint density at radius 1 is 1.11 bits per heavy atom. The number of ether oxygens (including phenoxy) is 1. The third kappa shape index (κ3) is 1.56. The molecule has 0 bridgehead atoms. The SMILES string of the molecule is CC.COc1ccc(C(F)(F)C23CC2(C)C3)cc1. The van der Waals surface area contributed by atoms with Crippen molar-refractivity contribution in [2.45, 2.75) is 39.5 Å². The molecule has 1 nitrogen and oxygen atoms in total. The second-order valence-corrected chi connectivity index (χ2v) is 5.30. The van der Waals surface area contributed by atoms with Crippen molar-refractivity contribution in [1.29, 1.82) is 0 Å². The average molecular weight is 254 g/mol. The van der Waals surface area contributed by atoms with Gasteiger partial charge in [0.15, 0.2) is 0 Å². The molecule has 18 heavy (non-hydrogen) atoms. The number of hydrogen-bond acceptors (Lipinski definition) is 1. The summed E-state index contributed by atoms with van der Waals surface area (Å²) in [5, 5.41) is 0. The van der Waals surface area contributed by atoms with Gasteiger partial charge in [0.05, 0.1) is 7.11 Å². The summed E-state index contributed by atoms with van der Waals surface area (Å²) in [6.07, 6.45) is 1.33. The normalized spacial score (nSPS) is 31.9. The monoisotopic (exact) mass is 254 g/mol. The molecule has 0 spiro atoms. The number of alkyl halides is 2. The first-order chi connectivity index (χ1) is 8.45. The Bertz CT molecular complexity index is 430. The van der Waals surface area contributed by atoms with Crippen LogP contribution < -0.4 is 4.74 Å². The summed E-state index contributed by atoms with van der Waals surface area (Å²) in [6.45, 7) is 5.95. The van der Waals surface area contributed by atoms with Gasteiger partial charge in [0.1, 0.15) is 5.75 Å². The highest BCUT2D eigenvalue weighted by Gasteiger charge is 2.89. The molecule has 2 aliphatic carbocycles. The van der Waals surface area contributed by atoms with Gasteiger partial charge < -0.3 is 4.74 Å². The molecule has 1 aromatic rings. The van der Waals surface area contributed by atoms with Crippen LogP contribution in [0.25, 0.3) is 0 Å². The van der Waals surface area contributed by atoms with Gasteiger partial charge in [-0.15, -0.1) is 0 Å². The topological polar surface area (TPSA) is 9.23 Å². The Hall–Kier alpha value is -1.12. The molecule has 0 unspecified atom stereocenters. The second-order valence-electron chi connectivity index (χ2n) is 5.30. The number of halogens is 2. The van der Waals surface area contributed by atoms with E-state index in [4.69, 9.17) is 4.74 Å². The highest BCUT2D eigenvalue weighted by molar-refractivity contribution is 5.40. The minimum absolute atomic E-state index is 0.0869. The van der Waals surface area contributed by atoms with E-state index in [1.165, 1.54) is 19.2 Å². The van der Waals surface area contributed by atoms with Crippen molar-refractivity contribution in [2.75, 3.05) is 7.11 Å². The molecule has 2 saturated carbocycles. The Morgan fingerprint density at radius 3 is 1.89 bits per heavy atom. The standard InChI is InChI=1S/C13H14F2O.C2H6/c1-11-7-12(11,8-11)13(14,15)9-3-5-10(16-2)6-4-9;1-2/h3-6H,7-8H2,1-2H3;1-2H3. The third-order valence-electron chi connectivity index (χ3n) is 4.34. The molecule has 0 saturated heterocycles. The summed E-state index contributed by atoms with van der Waals surface area (Å²) in [5.74, 6) is -2.07. The Kier molecular flexibility index (Phi) is 2.91. The summed E-state index contributed by atoms with van der Waals surface area (Å²) in [4.78, 5) is 0. The molecule has 2 aliphatic rings. The third-order valence-corrected chi connectivity index (χ3v) is 4.34. The smallest absolute Gasteiger partial charge is 0.279 e. The van der Waals surface area contributed by atoms with Crippen molar-refractivity contribution in [1.82, 2.24) is 0 Å². The van der Waals surface area contributed by atoms with Crippen LogP contribution in [0.5, 0.6) is 5.75 Å². The Balaban J connectivity index is 0.000000574. The van der Waals surface area contributed by atoms with Gasteiger partial charge >= 0.3 is 0 Å². The van der Waals surface area contributed by atoms with Crippen LogP contribution in [0, 0.1) is 10.8 Å². The molecule has 0 amide bonds. The van der Waals surface area contributed by atoms with Crippen molar-refractivity contribution in [2.24, 2.45) is 10.8 Å². The fourth-order valence-corrected chi connectivity index (χ4v) is 2.87. The fraction of sp³-hybridized carbons (Fsp3) is 0.600. The zero-order valence-corrected chi connectivity index (χ0v) is 11.4. The summed E-state index contributed by atoms with van der Waals surface area (Å²) in [6, 6.07) is 6.15. The van der Waals surface area contributed by atoms with Gasteiger partial charge in [-0.25, -0.2) is 8.78 Å². The summed E-state index contributed by atoms with van der Waals surface area (Å²) in [5.41, 5.74) is -0.695. The Morgan fingerprint density at radius 2 is 1.56 bits per heavy atom. The van der Waals surface area contributed by atoms with Gasteiger partial charge in [-0.3, -0.25) is 0 Å². The maximum Gasteiger partial charge on any atom is 0.279 e. The molecule has 0 radical (unpaired) electrons. The predicted octanol–water partition coefficient (Wildman–Crippen LogP) is 4.61. The van der Waals surface area contributed by atoms with Crippen molar-refractivity contribution < 1.29 is 13.5 Å². The van der Waals surface area contributed by atoms with Gasteiger partial charge in [-0.1, -0.05) is 20.8 Å². The van der Waals surface area contributed by atoms with Crippen molar-refractivity contribution in [3.8, 4) is 5.75 Å². The lowest BCUT2D eigenvalue weighted by Gasteiger charge is -2.20. The van der Waals surface area contributed by atoms with Crippen LogP contribution in [0.15, 0.2) is 24.3 Å². The molecular weight excluding hydrogens is 234 g/mol. The van der Waals surface area contributed by atoms with Crippen LogP contribution in [-0.2, 0) is 5.92 Å². The molecule has 0 atom stereocenters. The molecule has 0 heterocycles. The number of methoxy groups -OCH3 is 1. The van der Waals surface area contributed by atoms with Crippen LogP contribution in [0.1, 0.15) is 39.2 Å². The number of rotatable bonds is 3. The first kappa shape index (κ1) is 13.3. The van der Waals surface area contributed by atoms with E-state index in [0.29, 0.717) is 18.6 Å². The number of hydrogen-bond donors (Lipinski definition) is 0. The van der Waals surface area contributed by atoms with Crippen molar-refractivity contribution in [3.05, 3.63) is 29.8 Å². The zero-order valence-electron chi connectivity index (χ0n) is 11.4. The highest BCUT2D eigenvalue weighted by Crippen LogP contribution is 2.92. The Labute approximate surface area is 107 Å². The molecule has 2 fully saturated rings. The highest BCUT2D eigenvalue weighted by atomic mass is 19.3. The minimum atomic E-state index is -2.69. The lowest BCUT2D eigenvalue weighted by atomic mass is 9.98. The van der Waals surface area contributed by atoms with E-state index in [9.17, 15) is 8.78 Å². The second kappa shape index (κ2) is 3.94. The van der Waals surface area contributed by atoms with Gasteiger partial charge in [-0.05, 0) is 42.5 Å². The van der Waals surface area contributed by atoms with Crippen LogP contribution in [0.3, 0.4) is 0 Å². The van der Waals surface area contributed by atoms with E-state index in [1.807, 2.05) is 20.8 Å². The fourth-order valence-electron chi connectivity index (χ4n) is 2.87. The van der Waals surface area contributed by atoms with Gasteiger partial charge in [0.2, 0.25) is 0 Å². The van der Waals surface area contributed by atoms with Crippen molar-refractivity contribution >= 4 is 0 Å². The summed E-state index contributed by atoms with van der Waals surface area (Å²) < 4.78 is 33.4.